The van der Waals surface area contributed by atoms with Gasteiger partial charge in [-0.2, -0.15) is 0 Å². The second kappa shape index (κ2) is 10.2. The van der Waals surface area contributed by atoms with E-state index in [-0.39, 0.29) is 36.6 Å². The van der Waals surface area contributed by atoms with Crippen LogP contribution in [-0.4, -0.2) is 73.6 Å². The monoisotopic (exact) mass is 418 g/mol. The molecule has 0 atom stereocenters. The zero-order valence-corrected chi connectivity index (χ0v) is 17.1. The summed E-state index contributed by atoms with van der Waals surface area (Å²) >= 11 is 0. The Morgan fingerprint density at radius 1 is 1.04 bits per heavy atom. The van der Waals surface area contributed by atoms with Crippen molar-refractivity contribution in [2.24, 2.45) is 5.73 Å². The van der Waals surface area contributed by atoms with Gasteiger partial charge in [-0.3, -0.25) is 9.59 Å². The van der Waals surface area contributed by atoms with E-state index in [0.717, 1.165) is 26.2 Å². The van der Waals surface area contributed by atoms with Crippen molar-refractivity contribution in [2.45, 2.75) is 18.4 Å². The lowest BCUT2D eigenvalue weighted by molar-refractivity contribution is -0.124. The standard InChI is InChI=1S/C18H26N4O3.2ClH/c1-21-8-10-22(11-9-21)16(23)14-2-4-15(5-3-14)20-17(24)18(19)6-12-25-13-7-18;;/h2-5H,6-13,19H2,1H3,(H,20,24);2*1H. The second-order valence-electron chi connectivity index (χ2n) is 6.90. The van der Waals surface area contributed by atoms with E-state index >= 15 is 0 Å². The van der Waals surface area contributed by atoms with E-state index in [1.807, 2.05) is 4.90 Å². The smallest absolute Gasteiger partial charge is 0.253 e. The molecule has 1 aromatic rings. The van der Waals surface area contributed by atoms with Crippen LogP contribution in [0.2, 0.25) is 0 Å². The average Bonchev–Trinajstić information content (AvgIpc) is 2.63. The minimum absolute atomic E-state index is 0. The van der Waals surface area contributed by atoms with Gasteiger partial charge in [-0.1, -0.05) is 0 Å². The van der Waals surface area contributed by atoms with Crippen molar-refractivity contribution in [3.8, 4) is 0 Å². The summed E-state index contributed by atoms with van der Waals surface area (Å²) in [6.07, 6.45) is 1.03. The number of carbonyl (C=O) groups excluding carboxylic acids is 2. The van der Waals surface area contributed by atoms with Crippen LogP contribution in [0.1, 0.15) is 23.2 Å². The quantitative estimate of drug-likeness (QED) is 0.773. The summed E-state index contributed by atoms with van der Waals surface area (Å²) in [7, 11) is 2.06. The van der Waals surface area contributed by atoms with Gasteiger partial charge in [0.05, 0.1) is 0 Å². The van der Waals surface area contributed by atoms with Gasteiger partial charge in [0, 0.05) is 50.6 Å². The number of hydrogen-bond donors (Lipinski definition) is 2. The first-order valence-corrected chi connectivity index (χ1v) is 8.74. The molecule has 7 nitrogen and oxygen atoms in total. The second-order valence-corrected chi connectivity index (χ2v) is 6.90. The predicted octanol–water partition coefficient (Wildman–Crippen LogP) is 1.36. The largest absolute Gasteiger partial charge is 0.381 e. The lowest BCUT2D eigenvalue weighted by atomic mass is 9.90. The Balaban J connectivity index is 0.00000182. The van der Waals surface area contributed by atoms with Crippen molar-refractivity contribution in [3.63, 3.8) is 0 Å². The van der Waals surface area contributed by atoms with Crippen LogP contribution in [0.15, 0.2) is 24.3 Å². The number of hydrogen-bond acceptors (Lipinski definition) is 5. The molecule has 2 aliphatic rings. The summed E-state index contributed by atoms with van der Waals surface area (Å²) in [6.45, 7) is 4.27. The molecule has 0 aromatic heterocycles. The summed E-state index contributed by atoms with van der Waals surface area (Å²) in [4.78, 5) is 29.0. The predicted molar refractivity (Wildman–Crippen MR) is 110 cm³/mol. The number of ether oxygens (including phenoxy) is 1. The molecule has 3 N–H and O–H groups in total. The molecule has 2 aliphatic heterocycles. The van der Waals surface area contributed by atoms with Gasteiger partial charge in [-0.25, -0.2) is 0 Å². The van der Waals surface area contributed by atoms with E-state index in [0.29, 0.717) is 37.3 Å². The molecule has 2 saturated heterocycles. The number of anilines is 1. The molecule has 0 radical (unpaired) electrons. The third-order valence-corrected chi connectivity index (χ3v) is 5.02. The van der Waals surface area contributed by atoms with Gasteiger partial charge in [0.1, 0.15) is 5.54 Å². The van der Waals surface area contributed by atoms with Crippen LogP contribution in [0.4, 0.5) is 5.69 Å². The molecular formula is C18H28Cl2N4O3. The molecule has 1 aromatic carbocycles. The Hall–Kier alpha value is -1.38. The molecule has 0 bridgehead atoms. The number of carbonyl (C=O) groups is 2. The molecule has 2 fully saturated rings. The van der Waals surface area contributed by atoms with Crippen molar-refractivity contribution in [1.82, 2.24) is 9.80 Å². The molecule has 3 rings (SSSR count). The van der Waals surface area contributed by atoms with Gasteiger partial charge in [-0.05, 0) is 44.2 Å². The highest BCUT2D eigenvalue weighted by Gasteiger charge is 2.35. The van der Waals surface area contributed by atoms with Gasteiger partial charge in [0.15, 0.2) is 0 Å². The van der Waals surface area contributed by atoms with E-state index in [9.17, 15) is 9.59 Å². The molecule has 2 heterocycles. The number of nitrogens with two attached hydrogens (primary N) is 1. The van der Waals surface area contributed by atoms with Gasteiger partial charge in [0.2, 0.25) is 5.91 Å². The fourth-order valence-corrected chi connectivity index (χ4v) is 3.11. The van der Waals surface area contributed by atoms with Gasteiger partial charge < -0.3 is 25.6 Å². The maximum Gasteiger partial charge on any atom is 0.253 e. The van der Waals surface area contributed by atoms with Crippen molar-refractivity contribution < 1.29 is 14.3 Å². The zero-order valence-electron chi connectivity index (χ0n) is 15.5. The average molecular weight is 419 g/mol. The minimum Gasteiger partial charge on any atom is -0.381 e. The normalized spacial score (nSPS) is 19.4. The minimum atomic E-state index is -0.882. The van der Waals surface area contributed by atoms with Gasteiger partial charge in [0.25, 0.3) is 5.91 Å². The molecule has 0 spiro atoms. The number of nitrogens with one attached hydrogen (secondary N) is 1. The summed E-state index contributed by atoms with van der Waals surface area (Å²) in [5.74, 6) is -0.167. The third kappa shape index (κ3) is 5.80. The molecule has 0 aliphatic carbocycles. The number of rotatable bonds is 3. The van der Waals surface area contributed by atoms with E-state index in [4.69, 9.17) is 10.5 Å². The maximum atomic E-state index is 12.5. The first-order chi connectivity index (χ1) is 12.0. The number of halogens is 2. The Morgan fingerprint density at radius 3 is 2.15 bits per heavy atom. The third-order valence-electron chi connectivity index (χ3n) is 5.02. The molecule has 27 heavy (non-hydrogen) atoms. The SMILES string of the molecule is CN1CCN(C(=O)c2ccc(NC(=O)C3(N)CCOCC3)cc2)CC1.Cl.Cl. The summed E-state index contributed by atoms with van der Waals surface area (Å²) in [5, 5.41) is 2.85. The van der Waals surface area contributed by atoms with Gasteiger partial charge >= 0.3 is 0 Å². The van der Waals surface area contributed by atoms with Crippen LogP contribution in [-0.2, 0) is 9.53 Å². The Kier molecular flexibility index (Phi) is 8.98. The fourth-order valence-electron chi connectivity index (χ4n) is 3.11. The van der Waals surface area contributed by atoms with Crippen LogP contribution in [0.5, 0.6) is 0 Å². The highest BCUT2D eigenvalue weighted by Crippen LogP contribution is 2.20. The van der Waals surface area contributed by atoms with Crippen molar-refractivity contribution in [3.05, 3.63) is 29.8 Å². The fraction of sp³-hybridized carbons (Fsp3) is 0.556. The number of likely N-dealkylation sites (N-methyl/N-ethyl adjacent to an activating group) is 1. The molecule has 0 unspecified atom stereocenters. The Labute approximate surface area is 172 Å². The van der Waals surface area contributed by atoms with Crippen LogP contribution < -0.4 is 11.1 Å². The first-order valence-electron chi connectivity index (χ1n) is 8.74. The first kappa shape index (κ1) is 23.7. The van der Waals surface area contributed by atoms with E-state index in [1.54, 1.807) is 24.3 Å². The maximum absolute atomic E-state index is 12.5. The molecular weight excluding hydrogens is 391 g/mol. The lowest BCUT2D eigenvalue weighted by Gasteiger charge is -2.32. The summed E-state index contributed by atoms with van der Waals surface area (Å²) in [6, 6.07) is 7.01. The van der Waals surface area contributed by atoms with Crippen LogP contribution in [0, 0.1) is 0 Å². The zero-order chi connectivity index (χ0) is 17.9. The van der Waals surface area contributed by atoms with Crippen LogP contribution in [0.3, 0.4) is 0 Å². The van der Waals surface area contributed by atoms with Crippen molar-refractivity contribution in [2.75, 3.05) is 51.8 Å². The summed E-state index contributed by atoms with van der Waals surface area (Å²) < 4.78 is 5.27. The number of amides is 2. The van der Waals surface area contributed by atoms with Crippen molar-refractivity contribution in [1.29, 1.82) is 0 Å². The topological polar surface area (TPSA) is 87.9 Å². The molecule has 2 amide bonds. The van der Waals surface area contributed by atoms with Crippen LogP contribution >= 0.6 is 24.8 Å². The molecule has 9 heteroatoms. The van der Waals surface area contributed by atoms with E-state index in [1.165, 1.54) is 0 Å². The highest BCUT2D eigenvalue weighted by molar-refractivity contribution is 5.99. The number of nitrogens with zero attached hydrogens (tertiary/aromatic N) is 2. The molecule has 0 saturated carbocycles. The highest BCUT2D eigenvalue weighted by atomic mass is 35.5. The van der Waals surface area contributed by atoms with Crippen molar-refractivity contribution >= 4 is 42.3 Å². The van der Waals surface area contributed by atoms with E-state index < -0.39 is 5.54 Å². The van der Waals surface area contributed by atoms with Crippen LogP contribution in [0.25, 0.3) is 0 Å². The van der Waals surface area contributed by atoms with Gasteiger partial charge in [-0.15, -0.1) is 24.8 Å². The van der Waals surface area contributed by atoms with E-state index in [2.05, 4.69) is 17.3 Å². The number of benzene rings is 1. The number of piperazine rings is 1. The Morgan fingerprint density at radius 2 is 1.59 bits per heavy atom. The lowest BCUT2D eigenvalue weighted by Crippen LogP contribution is -2.54. The molecule has 152 valence electrons. The Bertz CT molecular complexity index is 628. The summed E-state index contributed by atoms with van der Waals surface area (Å²) in [5.41, 5.74) is 6.58.